The molecule has 2 rings (SSSR count). The summed E-state index contributed by atoms with van der Waals surface area (Å²) < 4.78 is 7.38. The zero-order valence-corrected chi connectivity index (χ0v) is 12.5. The molecule has 0 saturated heterocycles. The average molecular weight is 276 g/mol. The van der Waals surface area contributed by atoms with E-state index in [-0.39, 0.29) is 0 Å². The molecule has 110 valence electrons. The molecule has 0 aliphatic rings. The summed E-state index contributed by atoms with van der Waals surface area (Å²) in [5.74, 6) is 0.858. The van der Waals surface area contributed by atoms with Crippen molar-refractivity contribution in [2.24, 2.45) is 0 Å². The first-order valence-corrected chi connectivity index (χ1v) is 7.47. The van der Waals surface area contributed by atoms with Gasteiger partial charge in [-0.05, 0) is 25.0 Å². The largest absolute Gasteiger partial charge is 0.469 e. The van der Waals surface area contributed by atoms with Gasteiger partial charge >= 0.3 is 0 Å². The Morgan fingerprint density at radius 1 is 1.25 bits per heavy atom. The highest BCUT2D eigenvalue weighted by molar-refractivity contribution is 5.21. The fraction of sp³-hybridized carbons (Fsp3) is 0.562. The van der Waals surface area contributed by atoms with Gasteiger partial charge in [0, 0.05) is 24.6 Å². The highest BCUT2D eigenvalue weighted by atomic mass is 16.3. The number of hydrogen-bond donors (Lipinski definition) is 1. The molecular formula is C16H24N2O2. The number of furan rings is 1. The van der Waals surface area contributed by atoms with Crippen molar-refractivity contribution in [1.82, 2.24) is 9.78 Å². The monoisotopic (exact) mass is 276 g/mol. The van der Waals surface area contributed by atoms with E-state index in [0.29, 0.717) is 12.5 Å². The van der Waals surface area contributed by atoms with Crippen molar-refractivity contribution in [1.29, 1.82) is 0 Å². The van der Waals surface area contributed by atoms with Crippen molar-refractivity contribution in [2.45, 2.75) is 58.6 Å². The average Bonchev–Trinajstić information content (AvgIpc) is 3.09. The van der Waals surface area contributed by atoms with Crippen LogP contribution in [0.3, 0.4) is 0 Å². The van der Waals surface area contributed by atoms with E-state index in [1.165, 1.54) is 0 Å². The van der Waals surface area contributed by atoms with E-state index in [2.05, 4.69) is 18.9 Å². The number of aliphatic hydroxyl groups is 1. The van der Waals surface area contributed by atoms with Crippen molar-refractivity contribution < 1.29 is 9.52 Å². The van der Waals surface area contributed by atoms with E-state index < -0.39 is 6.10 Å². The lowest BCUT2D eigenvalue weighted by Crippen LogP contribution is -2.09. The van der Waals surface area contributed by atoms with Gasteiger partial charge in [0.2, 0.25) is 0 Å². The lowest BCUT2D eigenvalue weighted by molar-refractivity contribution is 0.174. The Morgan fingerprint density at radius 3 is 2.65 bits per heavy atom. The van der Waals surface area contributed by atoms with Crippen molar-refractivity contribution >= 4 is 0 Å². The van der Waals surface area contributed by atoms with Gasteiger partial charge in [-0.1, -0.05) is 20.8 Å². The molecule has 1 atom stereocenters. The molecule has 1 unspecified atom stereocenters. The van der Waals surface area contributed by atoms with Crippen LogP contribution in [0.4, 0.5) is 0 Å². The van der Waals surface area contributed by atoms with Crippen LogP contribution >= 0.6 is 0 Å². The van der Waals surface area contributed by atoms with Gasteiger partial charge in [-0.15, -0.1) is 0 Å². The van der Waals surface area contributed by atoms with Gasteiger partial charge in [0.05, 0.1) is 24.1 Å². The molecule has 2 aromatic heterocycles. The van der Waals surface area contributed by atoms with Crippen molar-refractivity contribution in [3.05, 3.63) is 41.6 Å². The lowest BCUT2D eigenvalue weighted by atomic mass is 10.0. The molecule has 0 radical (unpaired) electrons. The number of aryl methyl sites for hydroxylation is 1. The highest BCUT2D eigenvalue weighted by Crippen LogP contribution is 2.23. The molecule has 20 heavy (non-hydrogen) atoms. The van der Waals surface area contributed by atoms with Crippen LogP contribution in [0.15, 0.2) is 29.0 Å². The first kappa shape index (κ1) is 14.9. The Labute approximate surface area is 120 Å². The molecule has 4 heteroatoms. The fourth-order valence-electron chi connectivity index (χ4n) is 2.60. The van der Waals surface area contributed by atoms with Crippen molar-refractivity contribution in [3.63, 3.8) is 0 Å². The third kappa shape index (κ3) is 3.12. The predicted octanol–water partition coefficient (Wildman–Crippen LogP) is 3.68. The van der Waals surface area contributed by atoms with Crippen LogP contribution in [-0.2, 0) is 12.8 Å². The maximum Gasteiger partial charge on any atom is 0.109 e. The van der Waals surface area contributed by atoms with E-state index in [1.54, 1.807) is 6.26 Å². The molecule has 0 aliphatic heterocycles. The Morgan fingerprint density at radius 2 is 2.00 bits per heavy atom. The van der Waals surface area contributed by atoms with Gasteiger partial charge in [-0.3, -0.25) is 4.68 Å². The number of nitrogens with zero attached hydrogens (tertiary/aromatic N) is 2. The van der Waals surface area contributed by atoms with Gasteiger partial charge in [0.1, 0.15) is 5.76 Å². The standard InChI is InChI=1S/C16H24N2O2/c1-4-13(5-2)18-9-7-12(17-18)11-15(19)14-8-10-20-16(14)6-3/h7-10,13,15,19H,4-6,11H2,1-3H3. The van der Waals surface area contributed by atoms with Crippen molar-refractivity contribution in [2.75, 3.05) is 0 Å². The first-order valence-electron chi connectivity index (χ1n) is 7.47. The molecular weight excluding hydrogens is 252 g/mol. The Kier molecular flexibility index (Phi) is 5.01. The van der Waals surface area contributed by atoms with Crippen LogP contribution in [-0.4, -0.2) is 14.9 Å². The van der Waals surface area contributed by atoms with Crippen LogP contribution in [0.2, 0.25) is 0 Å². The van der Waals surface area contributed by atoms with E-state index in [4.69, 9.17) is 4.42 Å². The quantitative estimate of drug-likeness (QED) is 0.839. The molecule has 1 N–H and O–H groups in total. The summed E-state index contributed by atoms with van der Waals surface area (Å²) in [7, 11) is 0. The highest BCUT2D eigenvalue weighted by Gasteiger charge is 2.17. The summed E-state index contributed by atoms with van der Waals surface area (Å²) in [6.45, 7) is 6.36. The number of rotatable bonds is 7. The minimum atomic E-state index is -0.547. The minimum Gasteiger partial charge on any atom is -0.469 e. The van der Waals surface area contributed by atoms with E-state index in [0.717, 1.165) is 36.3 Å². The summed E-state index contributed by atoms with van der Waals surface area (Å²) in [4.78, 5) is 0. The molecule has 2 aromatic rings. The Hall–Kier alpha value is -1.55. The number of aromatic nitrogens is 2. The second kappa shape index (κ2) is 6.75. The van der Waals surface area contributed by atoms with Crippen molar-refractivity contribution in [3.8, 4) is 0 Å². The first-order chi connectivity index (χ1) is 9.69. The molecule has 0 aliphatic carbocycles. The van der Waals surface area contributed by atoms with E-state index in [9.17, 15) is 5.11 Å². The molecule has 2 heterocycles. The molecule has 4 nitrogen and oxygen atoms in total. The number of aliphatic hydroxyl groups excluding tert-OH is 1. The van der Waals surface area contributed by atoms with Crippen LogP contribution in [0, 0.1) is 0 Å². The SMILES string of the molecule is CCc1occc1C(O)Cc1ccn(C(CC)CC)n1. The Balaban J connectivity index is 2.07. The normalized spacial score (nSPS) is 13.1. The van der Waals surface area contributed by atoms with E-state index >= 15 is 0 Å². The molecule has 0 bridgehead atoms. The molecule has 0 fully saturated rings. The maximum absolute atomic E-state index is 10.3. The third-order valence-corrected chi connectivity index (χ3v) is 3.84. The zero-order chi connectivity index (χ0) is 14.5. The second-order valence-corrected chi connectivity index (χ2v) is 5.13. The van der Waals surface area contributed by atoms with Gasteiger partial charge < -0.3 is 9.52 Å². The summed E-state index contributed by atoms with van der Waals surface area (Å²) >= 11 is 0. The fourth-order valence-corrected chi connectivity index (χ4v) is 2.60. The van der Waals surface area contributed by atoms with E-state index in [1.807, 2.05) is 29.9 Å². The maximum atomic E-state index is 10.3. The summed E-state index contributed by atoms with van der Waals surface area (Å²) in [6.07, 6.45) is 6.56. The molecule has 0 spiro atoms. The number of hydrogen-bond acceptors (Lipinski definition) is 3. The minimum absolute atomic E-state index is 0.445. The summed E-state index contributed by atoms with van der Waals surface area (Å²) in [5.41, 5.74) is 1.80. The topological polar surface area (TPSA) is 51.2 Å². The molecule has 0 saturated carbocycles. The summed E-state index contributed by atoms with van der Waals surface area (Å²) in [5, 5.41) is 14.9. The van der Waals surface area contributed by atoms with Crippen LogP contribution in [0.5, 0.6) is 0 Å². The second-order valence-electron chi connectivity index (χ2n) is 5.13. The molecule has 0 amide bonds. The zero-order valence-electron chi connectivity index (χ0n) is 12.5. The van der Waals surface area contributed by atoms with Crippen LogP contribution < -0.4 is 0 Å². The predicted molar refractivity (Wildman–Crippen MR) is 78.6 cm³/mol. The smallest absolute Gasteiger partial charge is 0.109 e. The van der Waals surface area contributed by atoms with Gasteiger partial charge in [0.15, 0.2) is 0 Å². The van der Waals surface area contributed by atoms with Crippen LogP contribution in [0.1, 0.15) is 62.8 Å². The third-order valence-electron chi connectivity index (χ3n) is 3.84. The lowest BCUT2D eigenvalue weighted by Gasteiger charge is -2.13. The van der Waals surface area contributed by atoms with Crippen LogP contribution in [0.25, 0.3) is 0 Å². The van der Waals surface area contributed by atoms with Gasteiger partial charge in [-0.2, -0.15) is 5.10 Å². The van der Waals surface area contributed by atoms with Gasteiger partial charge in [0.25, 0.3) is 0 Å². The molecule has 0 aromatic carbocycles. The Bertz CT molecular complexity index is 526. The van der Waals surface area contributed by atoms with Gasteiger partial charge in [-0.25, -0.2) is 0 Å². The summed E-state index contributed by atoms with van der Waals surface area (Å²) in [6, 6.07) is 4.29.